The topological polar surface area (TPSA) is 111 Å². The number of aliphatic hydroxyl groups excluding tert-OH is 1. The Morgan fingerprint density at radius 3 is 2.69 bits per heavy atom. The Balaban J connectivity index is 1.69. The number of ether oxygens (including phenoxy) is 2. The average molecular weight is 471 g/mol. The van der Waals surface area contributed by atoms with Crippen LogP contribution in [0.15, 0.2) is 54.6 Å². The van der Waals surface area contributed by atoms with E-state index in [1.54, 1.807) is 25.2 Å². The first-order valence-electron chi connectivity index (χ1n) is 11.6. The van der Waals surface area contributed by atoms with E-state index in [1.165, 1.54) is 7.11 Å². The monoisotopic (exact) mass is 470 g/mol. The van der Waals surface area contributed by atoms with E-state index in [0.717, 1.165) is 11.3 Å². The van der Waals surface area contributed by atoms with Crippen LogP contribution in [0.1, 0.15) is 28.2 Å². The van der Waals surface area contributed by atoms with Crippen molar-refractivity contribution in [1.82, 2.24) is 4.98 Å². The summed E-state index contributed by atoms with van der Waals surface area (Å²) < 4.78 is 12.4. The standard InChI is InChI=1S/C27H26N4O4/c1-29-21-12-20-23(25(30-21)34-3)26(33)24(32)19-14-31(2)18-6-4-5-16(11-18)22(19)27(26,35-20)17-9-7-15(13-28)8-10-17/h4-12,19,22,24,32-33H,14H2,1-3H3,(H,29,30)/t19-,22-,24-,26+,27+/m1/s1. The van der Waals surface area contributed by atoms with Crippen molar-refractivity contribution >= 4 is 11.5 Å². The third-order valence-electron chi connectivity index (χ3n) is 7.92. The van der Waals surface area contributed by atoms with E-state index >= 15 is 0 Å². The summed E-state index contributed by atoms with van der Waals surface area (Å²) in [6.45, 7) is 0.517. The Morgan fingerprint density at radius 2 is 2.00 bits per heavy atom. The summed E-state index contributed by atoms with van der Waals surface area (Å²) in [5.41, 5.74) is 0.272. The van der Waals surface area contributed by atoms with Crippen molar-refractivity contribution in [3.8, 4) is 17.7 Å². The highest BCUT2D eigenvalue weighted by atomic mass is 16.5. The Labute approximate surface area is 203 Å². The number of nitrogens with one attached hydrogen (secondary N) is 1. The van der Waals surface area contributed by atoms with Crippen molar-refractivity contribution in [2.75, 3.05) is 38.0 Å². The quantitative estimate of drug-likeness (QED) is 0.536. The Morgan fingerprint density at radius 1 is 1.23 bits per heavy atom. The normalized spacial score (nSPS) is 29.8. The Hall–Kier alpha value is -3.80. The van der Waals surface area contributed by atoms with E-state index < -0.39 is 23.2 Å². The molecule has 0 amide bonds. The lowest BCUT2D eigenvalue weighted by Crippen LogP contribution is -2.52. The fourth-order valence-electron chi connectivity index (χ4n) is 6.42. The number of aromatic nitrogens is 1. The second-order valence-electron chi connectivity index (χ2n) is 9.50. The van der Waals surface area contributed by atoms with Gasteiger partial charge in [-0.2, -0.15) is 10.2 Å². The van der Waals surface area contributed by atoms with Crippen LogP contribution >= 0.6 is 0 Å². The number of rotatable bonds is 3. The highest BCUT2D eigenvalue weighted by molar-refractivity contribution is 5.64. The summed E-state index contributed by atoms with van der Waals surface area (Å²) >= 11 is 0. The van der Waals surface area contributed by atoms with Gasteiger partial charge in [0.2, 0.25) is 5.88 Å². The molecule has 2 bridgehead atoms. The maximum absolute atomic E-state index is 12.7. The van der Waals surface area contributed by atoms with Crippen LogP contribution in [-0.4, -0.2) is 49.1 Å². The number of hydrogen-bond donors (Lipinski definition) is 3. The van der Waals surface area contributed by atoms with Gasteiger partial charge >= 0.3 is 0 Å². The predicted molar refractivity (Wildman–Crippen MR) is 130 cm³/mol. The molecule has 0 saturated heterocycles. The van der Waals surface area contributed by atoms with Crippen LogP contribution in [0.4, 0.5) is 11.5 Å². The lowest BCUT2D eigenvalue weighted by Gasteiger charge is -2.40. The Bertz CT molecular complexity index is 1370. The molecule has 3 N–H and O–H groups in total. The Kier molecular flexibility index (Phi) is 4.56. The smallest absolute Gasteiger partial charge is 0.225 e. The van der Waals surface area contributed by atoms with E-state index in [9.17, 15) is 15.5 Å². The number of methoxy groups -OCH3 is 1. The molecule has 8 nitrogen and oxygen atoms in total. The van der Waals surface area contributed by atoms with E-state index in [-0.39, 0.29) is 11.8 Å². The van der Waals surface area contributed by atoms with Crippen molar-refractivity contribution < 1.29 is 19.7 Å². The van der Waals surface area contributed by atoms with Crippen molar-refractivity contribution in [3.05, 3.63) is 76.9 Å². The van der Waals surface area contributed by atoms with Crippen LogP contribution in [0.2, 0.25) is 0 Å². The highest BCUT2D eigenvalue weighted by Gasteiger charge is 2.77. The summed E-state index contributed by atoms with van der Waals surface area (Å²) in [4.78, 5) is 6.60. The first kappa shape index (κ1) is 21.7. The third kappa shape index (κ3) is 2.60. The van der Waals surface area contributed by atoms with E-state index in [4.69, 9.17) is 9.47 Å². The van der Waals surface area contributed by atoms with Gasteiger partial charge in [-0.25, -0.2) is 0 Å². The molecule has 0 radical (unpaired) electrons. The van der Waals surface area contributed by atoms with Gasteiger partial charge in [0.1, 0.15) is 11.6 Å². The molecule has 3 aromatic rings. The van der Waals surface area contributed by atoms with Crippen LogP contribution in [0, 0.1) is 17.2 Å². The predicted octanol–water partition coefficient (Wildman–Crippen LogP) is 2.70. The van der Waals surface area contributed by atoms with Gasteiger partial charge in [0.15, 0.2) is 11.2 Å². The minimum atomic E-state index is -1.86. The van der Waals surface area contributed by atoms with Crippen LogP contribution in [0.25, 0.3) is 0 Å². The number of fused-ring (bicyclic) bond motifs is 8. The molecule has 3 aliphatic rings. The van der Waals surface area contributed by atoms with Gasteiger partial charge in [0.05, 0.1) is 30.4 Å². The van der Waals surface area contributed by atoms with Gasteiger partial charge < -0.3 is 29.9 Å². The van der Waals surface area contributed by atoms with Gasteiger partial charge in [0, 0.05) is 44.2 Å². The molecule has 1 aromatic heterocycles. The van der Waals surface area contributed by atoms with Crippen LogP contribution in [0.3, 0.4) is 0 Å². The van der Waals surface area contributed by atoms with Gasteiger partial charge in [-0.05, 0) is 35.4 Å². The number of nitriles is 1. The summed E-state index contributed by atoms with van der Waals surface area (Å²) in [7, 11) is 5.22. The highest BCUT2D eigenvalue weighted by Crippen LogP contribution is 2.70. The number of benzene rings is 2. The lowest BCUT2D eigenvalue weighted by atomic mass is 9.71. The molecule has 1 fully saturated rings. The van der Waals surface area contributed by atoms with Crippen molar-refractivity contribution in [1.29, 1.82) is 5.26 Å². The molecule has 1 saturated carbocycles. The van der Waals surface area contributed by atoms with Crippen molar-refractivity contribution in [2.45, 2.75) is 23.2 Å². The molecule has 2 aromatic carbocycles. The first-order chi connectivity index (χ1) is 16.9. The molecule has 3 heterocycles. The summed E-state index contributed by atoms with van der Waals surface area (Å²) in [5, 5.41) is 37.0. The summed E-state index contributed by atoms with van der Waals surface area (Å²) in [6.07, 6.45) is -1.18. The number of aliphatic hydroxyl groups is 2. The molecule has 8 heteroatoms. The van der Waals surface area contributed by atoms with Crippen LogP contribution in [-0.2, 0) is 11.2 Å². The zero-order valence-corrected chi connectivity index (χ0v) is 19.7. The molecule has 0 spiro atoms. The van der Waals surface area contributed by atoms with Crippen LogP contribution < -0.4 is 19.7 Å². The fraction of sp³-hybridized carbons (Fsp3) is 0.333. The van der Waals surface area contributed by atoms with Crippen molar-refractivity contribution in [3.63, 3.8) is 0 Å². The molecule has 35 heavy (non-hydrogen) atoms. The fourth-order valence-corrected chi connectivity index (χ4v) is 6.42. The van der Waals surface area contributed by atoms with Gasteiger partial charge in [0.25, 0.3) is 0 Å². The van der Waals surface area contributed by atoms with Gasteiger partial charge in [-0.15, -0.1) is 0 Å². The number of nitrogens with zero attached hydrogens (tertiary/aromatic N) is 3. The molecule has 1 aliphatic carbocycles. The molecule has 6 rings (SSSR count). The largest absolute Gasteiger partial charge is 0.481 e. The molecular formula is C27H26N4O4. The number of pyridine rings is 1. The van der Waals surface area contributed by atoms with Gasteiger partial charge in [-0.3, -0.25) is 0 Å². The lowest BCUT2D eigenvalue weighted by molar-refractivity contribution is -0.152. The summed E-state index contributed by atoms with van der Waals surface area (Å²) in [5.74, 6) is 0.368. The minimum Gasteiger partial charge on any atom is -0.481 e. The molecule has 0 unspecified atom stereocenters. The maximum Gasteiger partial charge on any atom is 0.225 e. The molecule has 5 atom stereocenters. The first-order valence-corrected chi connectivity index (χ1v) is 11.6. The van der Waals surface area contributed by atoms with E-state index in [0.29, 0.717) is 34.8 Å². The number of hydrogen-bond acceptors (Lipinski definition) is 8. The number of anilines is 2. The maximum atomic E-state index is 12.7. The van der Waals surface area contributed by atoms with Crippen LogP contribution in [0.5, 0.6) is 11.6 Å². The SMILES string of the molecule is CNc1cc2c(c(OC)n1)[C@]1(O)[C@H](O)[C@@H]3CN(C)c4cccc(c4)[C@H]3[C@]1(c1ccc(C#N)cc1)O2. The van der Waals surface area contributed by atoms with Gasteiger partial charge in [-0.1, -0.05) is 24.3 Å². The second kappa shape index (κ2) is 7.35. The van der Waals surface area contributed by atoms with E-state index in [1.807, 2.05) is 37.4 Å². The minimum absolute atomic E-state index is 0.197. The molecular weight excluding hydrogens is 444 g/mol. The average Bonchev–Trinajstić information content (AvgIpc) is 3.22. The zero-order chi connectivity index (χ0) is 24.5. The second-order valence-corrected chi connectivity index (χ2v) is 9.50. The summed E-state index contributed by atoms with van der Waals surface area (Å²) in [6, 6.07) is 19.0. The molecule has 178 valence electrons. The molecule has 2 aliphatic heterocycles. The zero-order valence-electron chi connectivity index (χ0n) is 19.7. The van der Waals surface area contributed by atoms with E-state index in [2.05, 4.69) is 27.3 Å². The van der Waals surface area contributed by atoms with Crippen molar-refractivity contribution in [2.24, 2.45) is 5.92 Å². The third-order valence-corrected chi connectivity index (χ3v) is 7.92.